The average Bonchev–Trinajstić information content (AvgIpc) is 3.01. The molecule has 4 saturated carbocycles. The number of aliphatic hydroxyl groups is 2. The molecule has 4 aliphatic rings. The lowest BCUT2D eigenvalue weighted by molar-refractivity contribution is -0.244. The summed E-state index contributed by atoms with van der Waals surface area (Å²) in [7, 11) is 0. The average molecular weight is 419 g/mol. The van der Waals surface area contributed by atoms with Crippen molar-refractivity contribution in [3.8, 4) is 0 Å². The van der Waals surface area contributed by atoms with Crippen molar-refractivity contribution < 1.29 is 10.2 Å². The van der Waals surface area contributed by atoms with Gasteiger partial charge in [0.1, 0.15) is 0 Å². The molecule has 10 atom stereocenters. The zero-order chi connectivity index (χ0) is 21.9. The van der Waals surface area contributed by atoms with Crippen molar-refractivity contribution in [2.45, 2.75) is 124 Å². The highest BCUT2D eigenvalue weighted by molar-refractivity contribution is 5.16. The smallest absolute Gasteiger partial charge is 0.0753 e. The predicted molar refractivity (Wildman–Crippen MR) is 125 cm³/mol. The van der Waals surface area contributed by atoms with E-state index in [0.717, 1.165) is 42.4 Å². The highest BCUT2D eigenvalue weighted by Crippen LogP contribution is 2.70. The van der Waals surface area contributed by atoms with E-state index < -0.39 is 5.60 Å². The van der Waals surface area contributed by atoms with Crippen LogP contribution in [-0.2, 0) is 0 Å². The minimum absolute atomic E-state index is 0.00311. The molecule has 2 N–H and O–H groups in total. The lowest BCUT2D eigenvalue weighted by Crippen LogP contribution is -2.66. The first kappa shape index (κ1) is 23.1. The monoisotopic (exact) mass is 418 g/mol. The molecule has 0 aromatic heterocycles. The fourth-order valence-electron chi connectivity index (χ4n) is 9.68. The van der Waals surface area contributed by atoms with Crippen LogP contribution in [-0.4, -0.2) is 21.9 Å². The van der Waals surface area contributed by atoms with Crippen LogP contribution in [0.4, 0.5) is 0 Å². The zero-order valence-corrected chi connectivity index (χ0v) is 20.8. The summed E-state index contributed by atoms with van der Waals surface area (Å²) in [5.41, 5.74) is -0.156. The summed E-state index contributed by atoms with van der Waals surface area (Å²) in [6.07, 6.45) is 13.1. The van der Waals surface area contributed by atoms with Gasteiger partial charge in [-0.1, -0.05) is 60.8 Å². The van der Waals surface area contributed by atoms with E-state index in [4.69, 9.17) is 0 Å². The van der Waals surface area contributed by atoms with Crippen LogP contribution >= 0.6 is 0 Å². The van der Waals surface area contributed by atoms with Gasteiger partial charge in [0.15, 0.2) is 0 Å². The fraction of sp³-hybridized carbons (Fsp3) is 1.00. The van der Waals surface area contributed by atoms with E-state index in [-0.39, 0.29) is 11.5 Å². The van der Waals surface area contributed by atoms with Gasteiger partial charge in [-0.05, 0) is 97.2 Å². The van der Waals surface area contributed by atoms with Crippen LogP contribution in [0.2, 0.25) is 0 Å². The second kappa shape index (κ2) is 8.05. The molecule has 174 valence electrons. The molecule has 0 spiro atoms. The van der Waals surface area contributed by atoms with Crippen LogP contribution in [0.1, 0.15) is 112 Å². The lowest BCUT2D eigenvalue weighted by atomic mass is 9.41. The summed E-state index contributed by atoms with van der Waals surface area (Å²) < 4.78 is 0. The molecular formula is C28H50O2. The van der Waals surface area contributed by atoms with E-state index in [0.29, 0.717) is 23.7 Å². The number of hydrogen-bond acceptors (Lipinski definition) is 2. The first-order chi connectivity index (χ1) is 14.0. The van der Waals surface area contributed by atoms with Gasteiger partial charge in [-0.2, -0.15) is 0 Å². The Kier molecular flexibility index (Phi) is 6.20. The quantitative estimate of drug-likeness (QED) is 0.513. The maximum atomic E-state index is 11.9. The maximum Gasteiger partial charge on any atom is 0.0753 e. The number of aliphatic hydroxyl groups excluding tert-OH is 1. The molecular weight excluding hydrogens is 368 g/mol. The molecule has 0 aromatic rings. The van der Waals surface area contributed by atoms with Crippen molar-refractivity contribution in [3.63, 3.8) is 0 Å². The van der Waals surface area contributed by atoms with Crippen LogP contribution in [0, 0.1) is 52.3 Å². The Morgan fingerprint density at radius 1 is 0.933 bits per heavy atom. The molecule has 2 heteroatoms. The van der Waals surface area contributed by atoms with Crippen LogP contribution in [0.15, 0.2) is 0 Å². The third kappa shape index (κ3) is 3.42. The Hall–Kier alpha value is -0.0800. The summed E-state index contributed by atoms with van der Waals surface area (Å²) in [4.78, 5) is 0. The van der Waals surface area contributed by atoms with E-state index in [1.807, 2.05) is 0 Å². The van der Waals surface area contributed by atoms with E-state index in [1.165, 1.54) is 51.4 Å². The Labute approximate surface area is 186 Å². The molecule has 4 aliphatic carbocycles. The first-order valence-corrected chi connectivity index (χ1v) is 13.4. The Balaban J connectivity index is 1.53. The molecule has 0 saturated heterocycles. The number of hydrogen-bond donors (Lipinski definition) is 2. The Morgan fingerprint density at radius 3 is 2.37 bits per heavy atom. The predicted octanol–water partition coefficient (Wildman–Crippen LogP) is 6.83. The van der Waals surface area contributed by atoms with Crippen molar-refractivity contribution in [2.24, 2.45) is 52.3 Å². The zero-order valence-electron chi connectivity index (χ0n) is 20.8. The molecule has 2 nitrogen and oxygen atoms in total. The topological polar surface area (TPSA) is 40.5 Å². The van der Waals surface area contributed by atoms with Crippen molar-refractivity contribution in [3.05, 3.63) is 0 Å². The second-order valence-electron chi connectivity index (χ2n) is 13.3. The lowest BCUT2D eigenvalue weighted by Gasteiger charge is -2.66. The van der Waals surface area contributed by atoms with E-state index in [9.17, 15) is 10.2 Å². The summed E-state index contributed by atoms with van der Waals surface area (Å²) in [6, 6.07) is 0. The Morgan fingerprint density at radius 2 is 1.67 bits per heavy atom. The van der Waals surface area contributed by atoms with Gasteiger partial charge in [-0.3, -0.25) is 0 Å². The number of rotatable bonds is 5. The van der Waals surface area contributed by atoms with E-state index >= 15 is 0 Å². The molecule has 0 radical (unpaired) electrons. The van der Waals surface area contributed by atoms with Crippen LogP contribution in [0.5, 0.6) is 0 Å². The van der Waals surface area contributed by atoms with Gasteiger partial charge < -0.3 is 10.2 Å². The van der Waals surface area contributed by atoms with Gasteiger partial charge in [-0.25, -0.2) is 0 Å². The summed E-state index contributed by atoms with van der Waals surface area (Å²) >= 11 is 0. The van der Waals surface area contributed by atoms with Gasteiger partial charge in [-0.15, -0.1) is 0 Å². The van der Waals surface area contributed by atoms with Crippen LogP contribution in [0.25, 0.3) is 0 Å². The second-order valence-corrected chi connectivity index (χ2v) is 13.3. The van der Waals surface area contributed by atoms with Crippen LogP contribution in [0.3, 0.4) is 0 Å². The molecule has 0 unspecified atom stereocenters. The molecule has 0 aliphatic heterocycles. The third-order valence-electron chi connectivity index (χ3n) is 11.4. The molecule has 4 fully saturated rings. The van der Waals surface area contributed by atoms with Gasteiger partial charge >= 0.3 is 0 Å². The first-order valence-electron chi connectivity index (χ1n) is 13.4. The standard InChI is InChI=1S/C28H50O2/c1-18(2)8-7-9-19(3)23-10-11-24-22-16-20(4)28(30)17-21(29)12-15-27(28,6)25(22)13-14-26(23,24)5/h18-25,29-30H,7-17H2,1-6H3/t19-,20+,21-,22-,23+,24+,25-,26+,27+,28-/m0/s1. The van der Waals surface area contributed by atoms with Crippen molar-refractivity contribution >= 4 is 0 Å². The van der Waals surface area contributed by atoms with E-state index in [1.54, 1.807) is 0 Å². The largest absolute Gasteiger partial charge is 0.393 e. The SMILES string of the molecule is CC(C)CCC[C@H](C)[C@H]1CC[C@@H]2[C@@H]3C[C@@H](C)[C@@]4(O)C[C@@H](O)CC[C@]4(C)[C@H]3CC[C@@]21C. The highest BCUT2D eigenvalue weighted by Gasteiger charge is 2.66. The molecule has 0 bridgehead atoms. The molecule has 0 heterocycles. The third-order valence-corrected chi connectivity index (χ3v) is 11.4. The molecule has 4 rings (SSSR count). The van der Waals surface area contributed by atoms with Crippen molar-refractivity contribution in [1.82, 2.24) is 0 Å². The minimum atomic E-state index is -0.665. The van der Waals surface area contributed by atoms with Crippen LogP contribution < -0.4 is 0 Å². The van der Waals surface area contributed by atoms with Gasteiger partial charge in [0.25, 0.3) is 0 Å². The summed E-state index contributed by atoms with van der Waals surface area (Å²) in [6.45, 7) is 14.6. The number of fused-ring (bicyclic) bond motifs is 5. The highest BCUT2D eigenvalue weighted by atomic mass is 16.3. The fourth-order valence-corrected chi connectivity index (χ4v) is 9.68. The summed E-state index contributed by atoms with van der Waals surface area (Å²) in [5.74, 6) is 5.18. The Bertz CT molecular complexity index is 616. The molecule has 30 heavy (non-hydrogen) atoms. The maximum absolute atomic E-state index is 11.9. The van der Waals surface area contributed by atoms with Gasteiger partial charge in [0.05, 0.1) is 11.7 Å². The van der Waals surface area contributed by atoms with Crippen molar-refractivity contribution in [2.75, 3.05) is 0 Å². The normalized spacial score (nSPS) is 51.9. The summed E-state index contributed by atoms with van der Waals surface area (Å²) in [5, 5.41) is 22.2. The van der Waals surface area contributed by atoms with Crippen molar-refractivity contribution in [1.29, 1.82) is 0 Å². The van der Waals surface area contributed by atoms with Gasteiger partial charge in [0.2, 0.25) is 0 Å². The van der Waals surface area contributed by atoms with E-state index in [2.05, 4.69) is 41.5 Å². The minimum Gasteiger partial charge on any atom is -0.393 e. The molecule has 0 aromatic carbocycles. The van der Waals surface area contributed by atoms with Gasteiger partial charge in [0, 0.05) is 6.42 Å². The molecule has 0 amide bonds.